The zero-order valence-electron chi connectivity index (χ0n) is 11.5. The Balaban J connectivity index is 1.67. The first-order valence-corrected chi connectivity index (χ1v) is 7.08. The van der Waals surface area contributed by atoms with E-state index in [1.807, 2.05) is 36.7 Å². The topological polar surface area (TPSA) is 55.6 Å². The van der Waals surface area contributed by atoms with Gasteiger partial charge >= 0.3 is 0 Å². The van der Waals surface area contributed by atoms with E-state index in [9.17, 15) is 0 Å². The van der Waals surface area contributed by atoms with Crippen molar-refractivity contribution >= 4 is 5.69 Å². The van der Waals surface area contributed by atoms with Gasteiger partial charge in [0.1, 0.15) is 0 Å². The number of aryl methyl sites for hydroxylation is 1. The minimum Gasteiger partial charge on any atom is -0.375 e. The number of nitrogens with one attached hydrogen (secondary N) is 1. The third-order valence-corrected chi connectivity index (χ3v) is 3.86. The van der Waals surface area contributed by atoms with Gasteiger partial charge in [0.05, 0.1) is 35.5 Å². The van der Waals surface area contributed by atoms with E-state index in [4.69, 9.17) is 0 Å². The van der Waals surface area contributed by atoms with Crippen LogP contribution in [0, 0.1) is 0 Å². The summed E-state index contributed by atoms with van der Waals surface area (Å²) < 4.78 is 1.77. The van der Waals surface area contributed by atoms with E-state index in [0.717, 1.165) is 29.9 Å². The predicted molar refractivity (Wildman–Crippen MR) is 80.3 cm³/mol. The summed E-state index contributed by atoms with van der Waals surface area (Å²) in [6.07, 6.45) is 7.54. The minimum absolute atomic E-state index is 0.255. The van der Waals surface area contributed by atoms with Crippen LogP contribution < -0.4 is 5.32 Å². The van der Waals surface area contributed by atoms with Crippen LogP contribution in [0.1, 0.15) is 23.7 Å². The summed E-state index contributed by atoms with van der Waals surface area (Å²) in [4.78, 5) is 4.53. The molecule has 21 heavy (non-hydrogen) atoms. The van der Waals surface area contributed by atoms with Crippen molar-refractivity contribution in [3.8, 4) is 5.69 Å². The molecule has 5 heteroatoms. The zero-order chi connectivity index (χ0) is 14.1. The van der Waals surface area contributed by atoms with Crippen LogP contribution >= 0.6 is 0 Å². The average Bonchev–Trinajstić information content (AvgIpc) is 3.18. The number of aromatic nitrogens is 4. The van der Waals surface area contributed by atoms with Crippen molar-refractivity contribution in [2.24, 2.45) is 0 Å². The number of hydrogen-bond acceptors (Lipinski definition) is 4. The first-order chi connectivity index (χ1) is 10.4. The molecule has 4 rings (SSSR count). The fourth-order valence-corrected chi connectivity index (χ4v) is 2.87. The lowest BCUT2D eigenvalue weighted by Crippen LogP contribution is -2.11. The van der Waals surface area contributed by atoms with Gasteiger partial charge in [-0.05, 0) is 36.6 Å². The summed E-state index contributed by atoms with van der Waals surface area (Å²) in [6, 6.07) is 12.5. The molecule has 1 N–H and O–H groups in total. The number of fused-ring (bicyclic) bond motifs is 1. The number of anilines is 1. The van der Waals surface area contributed by atoms with Crippen LogP contribution in [0.25, 0.3) is 5.69 Å². The standard InChI is InChI=1S/C16H15N5/c1-2-6-15(21-11-10-18-20-21)13(5-1)19-14-8-7-12-4-3-9-17-16(12)14/h1-6,9-11,14,19H,7-8H2. The summed E-state index contributed by atoms with van der Waals surface area (Å²) >= 11 is 0. The maximum Gasteiger partial charge on any atom is 0.0894 e. The molecule has 1 aromatic carbocycles. The van der Waals surface area contributed by atoms with E-state index < -0.39 is 0 Å². The third kappa shape index (κ3) is 2.16. The molecule has 1 aliphatic rings. The molecule has 2 heterocycles. The number of benzene rings is 1. The number of hydrogen-bond donors (Lipinski definition) is 1. The second-order valence-electron chi connectivity index (χ2n) is 5.15. The molecule has 0 radical (unpaired) electrons. The van der Waals surface area contributed by atoms with E-state index >= 15 is 0 Å². The molecule has 0 spiro atoms. The lowest BCUT2D eigenvalue weighted by molar-refractivity contribution is 0.740. The zero-order valence-corrected chi connectivity index (χ0v) is 11.5. The van der Waals surface area contributed by atoms with Gasteiger partial charge in [0.15, 0.2) is 0 Å². The molecule has 2 aromatic heterocycles. The molecule has 0 fully saturated rings. The molecule has 1 aliphatic carbocycles. The van der Waals surface area contributed by atoms with Gasteiger partial charge in [-0.3, -0.25) is 4.98 Å². The van der Waals surface area contributed by atoms with E-state index in [-0.39, 0.29) is 6.04 Å². The van der Waals surface area contributed by atoms with Gasteiger partial charge in [-0.15, -0.1) is 5.10 Å². The molecule has 1 unspecified atom stereocenters. The quantitative estimate of drug-likeness (QED) is 0.799. The van der Waals surface area contributed by atoms with Gasteiger partial charge in [-0.1, -0.05) is 23.4 Å². The van der Waals surface area contributed by atoms with Crippen LogP contribution in [-0.4, -0.2) is 20.0 Å². The average molecular weight is 277 g/mol. The summed E-state index contributed by atoms with van der Waals surface area (Å²) in [5.41, 5.74) is 4.55. The van der Waals surface area contributed by atoms with Crippen LogP contribution in [0.15, 0.2) is 55.0 Å². The molecule has 0 saturated heterocycles. The Morgan fingerprint density at radius 3 is 2.95 bits per heavy atom. The fraction of sp³-hybridized carbons (Fsp3) is 0.188. The largest absolute Gasteiger partial charge is 0.375 e. The van der Waals surface area contributed by atoms with Gasteiger partial charge in [0.25, 0.3) is 0 Å². The summed E-state index contributed by atoms with van der Waals surface area (Å²) in [5.74, 6) is 0. The predicted octanol–water partition coefficient (Wildman–Crippen LogP) is 2.76. The Bertz CT molecular complexity index is 751. The molecular weight excluding hydrogens is 262 g/mol. The molecule has 3 aromatic rings. The van der Waals surface area contributed by atoms with Gasteiger partial charge in [-0.25, -0.2) is 4.68 Å². The second-order valence-corrected chi connectivity index (χ2v) is 5.15. The van der Waals surface area contributed by atoms with Crippen LogP contribution in [0.2, 0.25) is 0 Å². The van der Waals surface area contributed by atoms with E-state index in [1.165, 1.54) is 5.56 Å². The van der Waals surface area contributed by atoms with Crippen molar-refractivity contribution in [1.29, 1.82) is 0 Å². The van der Waals surface area contributed by atoms with Gasteiger partial charge in [0.2, 0.25) is 0 Å². The fourth-order valence-electron chi connectivity index (χ4n) is 2.87. The highest BCUT2D eigenvalue weighted by Gasteiger charge is 2.24. The normalized spacial score (nSPS) is 16.7. The van der Waals surface area contributed by atoms with Crippen molar-refractivity contribution in [1.82, 2.24) is 20.0 Å². The smallest absolute Gasteiger partial charge is 0.0894 e. The van der Waals surface area contributed by atoms with Crippen molar-refractivity contribution in [3.63, 3.8) is 0 Å². The summed E-state index contributed by atoms with van der Waals surface area (Å²) in [6.45, 7) is 0. The number of para-hydroxylation sites is 2. The second kappa shape index (κ2) is 5.01. The molecule has 0 bridgehead atoms. The molecular formula is C16H15N5. The van der Waals surface area contributed by atoms with Crippen molar-refractivity contribution < 1.29 is 0 Å². The number of pyridine rings is 1. The minimum atomic E-state index is 0.255. The Morgan fingerprint density at radius 1 is 1.10 bits per heavy atom. The number of rotatable bonds is 3. The molecule has 5 nitrogen and oxygen atoms in total. The number of nitrogens with zero attached hydrogens (tertiary/aromatic N) is 4. The van der Waals surface area contributed by atoms with E-state index in [2.05, 4.69) is 32.7 Å². The van der Waals surface area contributed by atoms with Gasteiger partial charge in [0, 0.05) is 6.20 Å². The van der Waals surface area contributed by atoms with Crippen molar-refractivity contribution in [3.05, 3.63) is 66.2 Å². The van der Waals surface area contributed by atoms with Crippen molar-refractivity contribution in [2.45, 2.75) is 18.9 Å². The molecule has 0 amide bonds. The van der Waals surface area contributed by atoms with Crippen LogP contribution in [0.4, 0.5) is 5.69 Å². The molecule has 104 valence electrons. The van der Waals surface area contributed by atoms with Crippen LogP contribution in [-0.2, 0) is 6.42 Å². The Hall–Kier alpha value is -2.69. The third-order valence-electron chi connectivity index (χ3n) is 3.86. The maximum absolute atomic E-state index is 4.53. The monoisotopic (exact) mass is 277 g/mol. The highest BCUT2D eigenvalue weighted by atomic mass is 15.4. The molecule has 0 aliphatic heterocycles. The highest BCUT2D eigenvalue weighted by molar-refractivity contribution is 5.61. The SMILES string of the molecule is c1cnc2c(c1)CCC2Nc1ccccc1-n1ccnn1. The first-order valence-electron chi connectivity index (χ1n) is 7.08. The highest BCUT2D eigenvalue weighted by Crippen LogP contribution is 2.33. The molecule has 1 atom stereocenters. The van der Waals surface area contributed by atoms with Gasteiger partial charge < -0.3 is 5.32 Å². The summed E-state index contributed by atoms with van der Waals surface area (Å²) in [5, 5.41) is 11.6. The van der Waals surface area contributed by atoms with Crippen molar-refractivity contribution in [2.75, 3.05) is 5.32 Å². The Kier molecular flexibility index (Phi) is 2.88. The van der Waals surface area contributed by atoms with E-state index in [0.29, 0.717) is 0 Å². The first kappa shape index (κ1) is 12.1. The van der Waals surface area contributed by atoms with E-state index in [1.54, 1.807) is 10.9 Å². The lowest BCUT2D eigenvalue weighted by Gasteiger charge is -2.17. The van der Waals surface area contributed by atoms with Crippen LogP contribution in [0.3, 0.4) is 0 Å². The maximum atomic E-state index is 4.53. The van der Waals surface area contributed by atoms with Crippen LogP contribution in [0.5, 0.6) is 0 Å². The van der Waals surface area contributed by atoms with Gasteiger partial charge in [-0.2, -0.15) is 0 Å². The Morgan fingerprint density at radius 2 is 2.05 bits per heavy atom. The molecule has 0 saturated carbocycles. The lowest BCUT2D eigenvalue weighted by atomic mass is 10.2. The Labute approximate surface area is 122 Å². The summed E-state index contributed by atoms with van der Waals surface area (Å²) in [7, 11) is 0.